The van der Waals surface area contributed by atoms with Crippen molar-refractivity contribution in [3.63, 3.8) is 0 Å². The second kappa shape index (κ2) is 5.95. The molecular weight excluding hydrogens is 288 g/mol. The lowest BCUT2D eigenvalue weighted by molar-refractivity contribution is 1.11. The average molecular weight is 308 g/mol. The van der Waals surface area contributed by atoms with E-state index in [1.807, 2.05) is 6.92 Å². The number of fused-ring (bicyclic) bond motifs is 1. The van der Waals surface area contributed by atoms with E-state index in [1.165, 1.54) is 32.0 Å². The van der Waals surface area contributed by atoms with E-state index in [9.17, 15) is 0 Å². The molecule has 3 rings (SSSR count). The molecule has 0 saturated heterocycles. The van der Waals surface area contributed by atoms with Gasteiger partial charge in [-0.3, -0.25) is 0 Å². The zero-order chi connectivity index (χ0) is 15.7. The van der Waals surface area contributed by atoms with Crippen LogP contribution in [0.3, 0.4) is 0 Å². The first-order chi connectivity index (χ1) is 10.7. The maximum atomic E-state index is 5.76. The summed E-state index contributed by atoms with van der Waals surface area (Å²) in [5.41, 5.74) is 12.8. The summed E-state index contributed by atoms with van der Waals surface area (Å²) in [5, 5.41) is 3.42. The third kappa shape index (κ3) is 2.43. The first-order valence-electron chi connectivity index (χ1n) is 7.38. The van der Waals surface area contributed by atoms with E-state index in [1.54, 1.807) is 11.3 Å². The minimum atomic E-state index is 0.589. The van der Waals surface area contributed by atoms with Crippen LogP contribution in [-0.4, -0.2) is 0 Å². The second-order valence-electron chi connectivity index (χ2n) is 5.34. The summed E-state index contributed by atoms with van der Waals surface area (Å²) in [5.74, 6) is 0. The predicted octanol–water partition coefficient (Wildman–Crippen LogP) is 5.16. The third-order valence-corrected chi connectivity index (χ3v) is 5.08. The number of nitrogens with two attached hydrogens (primary N) is 1. The molecule has 2 nitrogen and oxygen atoms in total. The van der Waals surface area contributed by atoms with Gasteiger partial charge in [0.1, 0.15) is 0 Å². The lowest BCUT2D eigenvalue weighted by Gasteiger charge is -2.25. The van der Waals surface area contributed by atoms with Crippen molar-refractivity contribution < 1.29 is 0 Å². The zero-order valence-corrected chi connectivity index (χ0v) is 13.8. The van der Waals surface area contributed by atoms with E-state index in [4.69, 9.17) is 5.73 Å². The van der Waals surface area contributed by atoms with Crippen LogP contribution in [-0.2, 0) is 6.54 Å². The van der Waals surface area contributed by atoms with Crippen molar-refractivity contribution in [3.8, 4) is 10.4 Å². The summed E-state index contributed by atoms with van der Waals surface area (Å²) in [6, 6.07) is 10.6. The van der Waals surface area contributed by atoms with E-state index in [0.717, 1.165) is 11.4 Å². The highest BCUT2D eigenvalue weighted by molar-refractivity contribution is 7.15. The maximum absolute atomic E-state index is 5.76. The molecule has 1 aliphatic heterocycles. The van der Waals surface area contributed by atoms with Gasteiger partial charge in [-0.15, -0.1) is 11.3 Å². The Labute approximate surface area is 135 Å². The van der Waals surface area contributed by atoms with Crippen LogP contribution in [0.25, 0.3) is 16.0 Å². The fraction of sp³-hybridized carbons (Fsp3) is 0.158. The van der Waals surface area contributed by atoms with Gasteiger partial charge in [-0.1, -0.05) is 30.9 Å². The van der Waals surface area contributed by atoms with Gasteiger partial charge in [0.05, 0.1) is 0 Å². The summed E-state index contributed by atoms with van der Waals surface area (Å²) in [6.07, 6.45) is 4.25. The Hall–Kier alpha value is -2.10. The third-order valence-electron chi connectivity index (χ3n) is 3.94. The highest BCUT2D eigenvalue weighted by Gasteiger charge is 2.21. The van der Waals surface area contributed by atoms with Crippen LogP contribution in [0.15, 0.2) is 60.3 Å². The zero-order valence-electron chi connectivity index (χ0n) is 12.9. The minimum absolute atomic E-state index is 0.589. The fourth-order valence-corrected chi connectivity index (χ4v) is 3.68. The Balaban J connectivity index is 2.25. The van der Waals surface area contributed by atoms with Crippen LogP contribution in [0.5, 0.6) is 0 Å². The van der Waals surface area contributed by atoms with Gasteiger partial charge in [0.2, 0.25) is 0 Å². The summed E-state index contributed by atoms with van der Waals surface area (Å²) < 4.78 is 0. The van der Waals surface area contributed by atoms with Crippen molar-refractivity contribution in [2.45, 2.75) is 20.4 Å². The maximum Gasteiger partial charge on any atom is 0.0470 e. The molecule has 1 aliphatic rings. The normalized spacial score (nSPS) is 14.4. The first kappa shape index (κ1) is 14.8. The van der Waals surface area contributed by atoms with Gasteiger partial charge in [0, 0.05) is 38.8 Å². The van der Waals surface area contributed by atoms with Gasteiger partial charge in [-0.2, -0.15) is 0 Å². The van der Waals surface area contributed by atoms with Crippen LogP contribution in [0.2, 0.25) is 0 Å². The molecule has 0 unspecified atom stereocenters. The van der Waals surface area contributed by atoms with E-state index in [2.05, 4.69) is 61.3 Å². The Morgan fingerprint density at radius 1 is 1.27 bits per heavy atom. The van der Waals surface area contributed by atoms with Crippen LogP contribution in [0.4, 0.5) is 5.69 Å². The number of rotatable bonds is 3. The van der Waals surface area contributed by atoms with E-state index in [0.29, 0.717) is 6.54 Å². The number of hydrogen-bond acceptors (Lipinski definition) is 3. The second-order valence-corrected chi connectivity index (χ2v) is 6.51. The molecule has 0 aliphatic carbocycles. The highest BCUT2D eigenvalue weighted by Crippen LogP contribution is 2.43. The summed E-state index contributed by atoms with van der Waals surface area (Å²) >= 11 is 1.76. The van der Waals surface area contributed by atoms with Crippen molar-refractivity contribution >= 4 is 22.6 Å². The molecule has 0 atom stereocenters. The van der Waals surface area contributed by atoms with Gasteiger partial charge in [0.25, 0.3) is 0 Å². The Morgan fingerprint density at radius 3 is 2.77 bits per heavy atom. The molecule has 112 valence electrons. The Kier molecular flexibility index (Phi) is 4.01. The van der Waals surface area contributed by atoms with Crippen molar-refractivity contribution in [2.75, 3.05) is 5.32 Å². The van der Waals surface area contributed by atoms with Gasteiger partial charge in [-0.25, -0.2) is 0 Å². The molecule has 0 bridgehead atoms. The topological polar surface area (TPSA) is 38.0 Å². The molecule has 1 aromatic carbocycles. The fourth-order valence-electron chi connectivity index (χ4n) is 2.77. The SMILES string of the molecule is C=C1Nc2cccc(-c3ccc(CN)s3)c2C(/C=C\C)=C1C. The number of thiophene rings is 1. The lowest BCUT2D eigenvalue weighted by atomic mass is 9.89. The summed E-state index contributed by atoms with van der Waals surface area (Å²) in [7, 11) is 0. The van der Waals surface area contributed by atoms with Gasteiger partial charge in [0.15, 0.2) is 0 Å². The van der Waals surface area contributed by atoms with Crippen LogP contribution in [0, 0.1) is 0 Å². The standard InChI is InChI=1S/C19H20N2S/c1-4-6-15-12(2)13(3)21-17-8-5-7-16(19(15)17)18-10-9-14(11-20)22-18/h4-10,21H,3,11,20H2,1-2H3/b6-4-. The van der Waals surface area contributed by atoms with Crippen LogP contribution >= 0.6 is 11.3 Å². The molecule has 2 heterocycles. The molecular formula is C19H20N2S. The van der Waals surface area contributed by atoms with Crippen molar-refractivity contribution in [1.82, 2.24) is 0 Å². The number of anilines is 1. The van der Waals surface area contributed by atoms with E-state index in [-0.39, 0.29) is 0 Å². The quantitative estimate of drug-likeness (QED) is 0.821. The van der Waals surface area contributed by atoms with Gasteiger partial charge < -0.3 is 11.1 Å². The molecule has 0 amide bonds. The summed E-state index contributed by atoms with van der Waals surface area (Å²) in [4.78, 5) is 2.45. The molecule has 0 spiro atoms. The molecule has 0 fully saturated rings. The molecule has 2 aromatic rings. The molecule has 22 heavy (non-hydrogen) atoms. The van der Waals surface area contributed by atoms with Crippen LogP contribution in [0.1, 0.15) is 24.3 Å². The largest absolute Gasteiger partial charge is 0.355 e. The van der Waals surface area contributed by atoms with Crippen LogP contribution < -0.4 is 11.1 Å². The minimum Gasteiger partial charge on any atom is -0.355 e. The number of nitrogens with one attached hydrogen (secondary N) is 1. The van der Waals surface area contributed by atoms with Crippen molar-refractivity contribution in [3.05, 3.63) is 70.8 Å². The monoisotopic (exact) mass is 308 g/mol. The smallest absolute Gasteiger partial charge is 0.0470 e. The predicted molar refractivity (Wildman–Crippen MR) is 97.8 cm³/mol. The molecule has 3 heteroatoms. The highest BCUT2D eigenvalue weighted by atomic mass is 32.1. The van der Waals surface area contributed by atoms with E-state index < -0.39 is 0 Å². The Morgan fingerprint density at radius 2 is 2.09 bits per heavy atom. The van der Waals surface area contributed by atoms with Gasteiger partial charge >= 0.3 is 0 Å². The number of allylic oxidation sites excluding steroid dienone is 4. The lowest BCUT2D eigenvalue weighted by Crippen LogP contribution is -2.10. The first-order valence-corrected chi connectivity index (χ1v) is 8.19. The summed E-state index contributed by atoms with van der Waals surface area (Å²) in [6.45, 7) is 8.88. The molecule has 0 saturated carbocycles. The van der Waals surface area contributed by atoms with Gasteiger partial charge in [-0.05, 0) is 43.2 Å². The number of hydrogen-bond donors (Lipinski definition) is 2. The van der Waals surface area contributed by atoms with Crippen molar-refractivity contribution in [2.24, 2.45) is 5.73 Å². The molecule has 0 radical (unpaired) electrons. The molecule has 3 N–H and O–H groups in total. The number of benzene rings is 1. The molecule has 1 aromatic heterocycles. The average Bonchev–Trinajstić information content (AvgIpc) is 3.00. The Bertz CT molecular complexity index is 794. The van der Waals surface area contributed by atoms with E-state index >= 15 is 0 Å². The van der Waals surface area contributed by atoms with Crippen molar-refractivity contribution in [1.29, 1.82) is 0 Å².